The number of rotatable bonds is 29. The molecule has 0 aliphatic rings. The van der Waals surface area contributed by atoms with Crippen LogP contribution in [0.5, 0.6) is 40.2 Å². The molecular weight excluding hydrogens is 1870 g/mol. The van der Waals surface area contributed by atoms with Crippen molar-refractivity contribution in [1.29, 1.82) is 0 Å². The zero-order valence-corrected chi connectivity index (χ0v) is 81.5. The summed E-state index contributed by atoms with van der Waals surface area (Å²) in [5.74, 6) is 4.41. The molecule has 0 N–H and O–H groups in total. The quantitative estimate of drug-likeness (QED) is 0.0310. The van der Waals surface area contributed by atoms with Gasteiger partial charge >= 0.3 is 0 Å². The minimum Gasteiger partial charge on any atom is -0.488 e. The first kappa shape index (κ1) is 108. The molecular formula is C105H100Cl5N7O21. The number of para-hydroxylation sites is 7. The molecule has 0 saturated heterocycles. The topological polar surface area (TPSA) is 367 Å². The zero-order valence-electron chi connectivity index (χ0n) is 77.7. The van der Waals surface area contributed by atoms with Crippen molar-refractivity contribution in [3.05, 3.63) is 480 Å². The minimum atomic E-state index is -0.442. The third kappa shape index (κ3) is 32.9. The highest BCUT2D eigenvalue weighted by Crippen LogP contribution is 2.37. The Labute approximate surface area is 823 Å². The fourth-order valence-electron chi connectivity index (χ4n) is 13.2. The third-order valence-corrected chi connectivity index (χ3v) is 22.7. The van der Waals surface area contributed by atoms with Gasteiger partial charge < -0.3 is 33.2 Å². The third-order valence-electron chi connectivity index (χ3n) is 21.0. The Morgan fingerprint density at radius 2 is 0.413 bits per heavy atom. The molecule has 14 aromatic rings. The van der Waals surface area contributed by atoms with Crippen LogP contribution in [0.4, 0.5) is 39.8 Å². The van der Waals surface area contributed by atoms with Crippen LogP contribution in [0.2, 0.25) is 25.1 Å². The van der Waals surface area contributed by atoms with Gasteiger partial charge in [-0.25, -0.2) is 0 Å². The Morgan fingerprint density at radius 3 is 0.746 bits per heavy atom. The van der Waals surface area contributed by atoms with Gasteiger partial charge in [-0.1, -0.05) is 203 Å². The molecule has 0 saturated carbocycles. The van der Waals surface area contributed by atoms with Gasteiger partial charge in [0.25, 0.3) is 39.8 Å². The van der Waals surface area contributed by atoms with Gasteiger partial charge in [-0.15, -0.1) is 0 Å². The second kappa shape index (κ2) is 53.3. The molecule has 14 rings (SSSR count). The lowest BCUT2D eigenvalue weighted by Gasteiger charge is -2.12. The summed E-state index contributed by atoms with van der Waals surface area (Å²) in [7, 11) is 0. The van der Waals surface area contributed by atoms with Gasteiger partial charge in [-0.3, -0.25) is 70.8 Å². The van der Waals surface area contributed by atoms with Gasteiger partial charge in [0, 0.05) is 58.6 Å². The van der Waals surface area contributed by atoms with Gasteiger partial charge in [0.1, 0.15) is 86.5 Å². The van der Waals surface area contributed by atoms with Crippen LogP contribution >= 0.6 is 58.0 Å². The van der Waals surface area contributed by atoms with E-state index in [1.54, 1.807) is 158 Å². The van der Waals surface area contributed by atoms with Gasteiger partial charge in [0.2, 0.25) is 0 Å². The summed E-state index contributed by atoms with van der Waals surface area (Å²) < 4.78 is 39.5. The predicted molar refractivity (Wildman–Crippen MR) is 538 cm³/mol. The smallest absolute Gasteiger partial charge is 0.276 e. The molecule has 0 atom stereocenters. The van der Waals surface area contributed by atoms with Crippen LogP contribution in [0.3, 0.4) is 0 Å². The summed E-state index contributed by atoms with van der Waals surface area (Å²) in [5, 5.41) is 79.0. The molecule has 28 nitrogen and oxygen atoms in total. The molecule has 0 amide bonds. The maximum absolute atomic E-state index is 11.0. The lowest BCUT2D eigenvalue weighted by Crippen LogP contribution is -2.02. The standard InChI is InChI=1S/2C16H17NO3.2C15H14ClNO3.C15H15NO3.C14H11Cl2NO3.C14H12ClNO3/c1-11-8-13(3)16(9-12(11)2)20-10-14-6-4-5-7-15(14)17(18)19;1-3-13-10-12(2)8-9-16(13)20-11-14-6-4-5-7-15(14)17(18)19;1-10-7-13(16)15(8-11(10)2)20-9-12-5-3-4-6-14(12)17(18)19;1-10-7-11(2)15(8-13(10)16)20-9-12-5-3-4-6-14(12)17(18)19;1-11-7-8-15(12(2)9-11)19-10-13-5-3-4-6-14(13)16(17)18;1-9-6-12(16)14(7-11(9)15)20-8-10-4-2-3-5-13(10)17(18)19;1-10-6-7-14(12(15)8-10)19-9-11-4-2-3-5-13(11)16(17)18/h4-9H,10H2,1-3H3;4-10H,3,11H2,1-2H3;2*3-8H,9H2,1-2H3;3-9H,10H2,1-2H3;2-7H,8H2,1H3;2-8H,9H2,1H3. The number of ether oxygens (including phenoxy) is 7. The Kier molecular flexibility index (Phi) is 41.8. The second-order valence-corrected chi connectivity index (χ2v) is 33.4. The van der Waals surface area contributed by atoms with Crippen LogP contribution in [-0.4, -0.2) is 34.5 Å². The second-order valence-electron chi connectivity index (χ2n) is 31.4. The number of nitrogens with zero attached hydrogens (tertiary/aromatic N) is 7. The number of nitro groups is 7. The van der Waals surface area contributed by atoms with Crippen molar-refractivity contribution in [2.24, 2.45) is 0 Å². The fraction of sp³-hybridized carbons (Fsp3) is 0.200. The highest BCUT2D eigenvalue weighted by atomic mass is 35.5. The molecule has 33 heteroatoms. The van der Waals surface area contributed by atoms with E-state index in [0.29, 0.717) is 87.1 Å². The maximum atomic E-state index is 11.0. The highest BCUT2D eigenvalue weighted by molar-refractivity contribution is 6.35. The first-order valence-corrected chi connectivity index (χ1v) is 44.6. The van der Waals surface area contributed by atoms with Crippen molar-refractivity contribution >= 4 is 97.8 Å². The number of aryl methyl sites for hydroxylation is 13. The summed E-state index contributed by atoms with van der Waals surface area (Å²) >= 11 is 30.3. The normalized spacial score (nSPS) is 10.3. The van der Waals surface area contributed by atoms with Gasteiger partial charge in [0.05, 0.1) is 88.5 Å². The summed E-state index contributed by atoms with van der Waals surface area (Å²) in [6.45, 7) is 26.6. The maximum Gasteiger partial charge on any atom is 0.276 e. The summed E-state index contributed by atoms with van der Waals surface area (Å²) in [4.78, 5) is 73.6. The van der Waals surface area contributed by atoms with E-state index in [-0.39, 0.29) is 101 Å². The lowest BCUT2D eigenvalue weighted by molar-refractivity contribution is -0.386. The molecule has 14 aromatic carbocycles. The van der Waals surface area contributed by atoms with E-state index in [0.717, 1.165) is 84.9 Å². The van der Waals surface area contributed by atoms with Gasteiger partial charge in [-0.05, 0) is 248 Å². The van der Waals surface area contributed by atoms with Gasteiger partial charge in [0.15, 0.2) is 0 Å². The molecule has 0 heterocycles. The molecule has 138 heavy (non-hydrogen) atoms. The van der Waals surface area contributed by atoms with E-state index >= 15 is 0 Å². The summed E-state index contributed by atoms with van der Waals surface area (Å²) in [5.41, 5.74) is 18.0. The highest BCUT2D eigenvalue weighted by Gasteiger charge is 2.22. The van der Waals surface area contributed by atoms with Crippen molar-refractivity contribution < 1.29 is 67.6 Å². The lowest BCUT2D eigenvalue weighted by atomic mass is 10.1. The van der Waals surface area contributed by atoms with Crippen LogP contribution in [0.25, 0.3) is 0 Å². The Morgan fingerprint density at radius 1 is 0.196 bits per heavy atom. The van der Waals surface area contributed by atoms with E-state index in [1.165, 1.54) is 53.6 Å². The SMILES string of the molecule is CCc1cc(C)ccc1OCc1ccccc1[N+](=O)[O-].Cc1cc(C)c(OCc2ccccc2[N+](=O)[O-])cc1C.Cc1cc(C)c(OCc2ccccc2[N+](=O)[O-])cc1Cl.Cc1cc(Cl)c(OCc2ccccc2[N+](=O)[O-])cc1C.Cc1cc(Cl)c(OCc2ccccc2[N+](=O)[O-])cc1Cl.Cc1ccc(OCc2ccccc2[N+](=O)[O-])c(C)c1.Cc1ccc(OCc2ccccc2[N+](=O)[O-])c(Cl)c1. The van der Waals surface area contributed by atoms with Crippen LogP contribution in [0.1, 0.15) is 118 Å². The van der Waals surface area contributed by atoms with E-state index in [2.05, 4.69) is 19.1 Å². The molecule has 0 radical (unpaired) electrons. The first-order chi connectivity index (χ1) is 65.7. The van der Waals surface area contributed by atoms with E-state index in [1.807, 2.05) is 144 Å². The number of benzene rings is 14. The van der Waals surface area contributed by atoms with Crippen molar-refractivity contribution in [2.75, 3.05) is 0 Å². The summed E-state index contributed by atoms with van der Waals surface area (Å²) in [6.07, 6.45) is 0.869. The molecule has 0 spiro atoms. The molecule has 716 valence electrons. The molecule has 0 bridgehead atoms. The number of hydrogen-bond donors (Lipinski definition) is 0. The van der Waals surface area contributed by atoms with E-state index in [4.69, 9.17) is 91.2 Å². The summed E-state index contributed by atoms with van der Waals surface area (Å²) in [6, 6.07) is 77.8. The molecule has 0 fully saturated rings. The van der Waals surface area contributed by atoms with E-state index < -0.39 is 19.7 Å². The minimum absolute atomic E-state index is 0.0156. The van der Waals surface area contributed by atoms with Crippen LogP contribution in [0, 0.1) is 154 Å². The number of hydrogen-bond acceptors (Lipinski definition) is 21. The zero-order chi connectivity index (χ0) is 101. The molecule has 0 unspecified atom stereocenters. The first-order valence-electron chi connectivity index (χ1n) is 42.7. The van der Waals surface area contributed by atoms with Crippen molar-refractivity contribution in [1.82, 2.24) is 0 Å². The molecule has 0 aromatic heterocycles. The average molecular weight is 1970 g/mol. The van der Waals surface area contributed by atoms with Crippen molar-refractivity contribution in [3.8, 4) is 40.2 Å². The fourth-order valence-corrected chi connectivity index (χ4v) is 14.4. The Hall–Kier alpha value is -15.1. The average Bonchev–Trinajstić information content (AvgIpc) is 0.858. The van der Waals surface area contributed by atoms with Crippen molar-refractivity contribution in [3.63, 3.8) is 0 Å². The van der Waals surface area contributed by atoms with Crippen molar-refractivity contribution in [2.45, 2.75) is 143 Å². The Bertz CT molecular complexity index is 6110. The number of halogens is 5. The monoisotopic (exact) mass is 1970 g/mol. The van der Waals surface area contributed by atoms with Crippen LogP contribution in [-0.2, 0) is 52.7 Å². The van der Waals surface area contributed by atoms with Crippen LogP contribution in [0.15, 0.2) is 273 Å². The molecule has 0 aliphatic heterocycles. The van der Waals surface area contributed by atoms with E-state index in [9.17, 15) is 70.8 Å². The van der Waals surface area contributed by atoms with Gasteiger partial charge in [-0.2, -0.15) is 0 Å². The molecule has 0 aliphatic carbocycles. The van der Waals surface area contributed by atoms with Crippen LogP contribution < -0.4 is 33.2 Å². The predicted octanol–water partition coefficient (Wildman–Crippen LogP) is 29.7. The largest absolute Gasteiger partial charge is 0.488 e. The Balaban J connectivity index is 0.000000198. The number of nitro benzene ring substituents is 7.